The fourth-order valence-corrected chi connectivity index (χ4v) is 4.94. The third-order valence-corrected chi connectivity index (χ3v) is 7.02. The fourth-order valence-electron chi connectivity index (χ4n) is 4.23. The van der Waals surface area contributed by atoms with E-state index >= 15 is 0 Å². The molecule has 8 heteroatoms. The monoisotopic (exact) mass is 483 g/mol. The van der Waals surface area contributed by atoms with Crippen molar-refractivity contribution in [2.75, 3.05) is 0 Å². The molecule has 0 atom stereocenters. The highest BCUT2D eigenvalue weighted by atomic mass is 32.1. The van der Waals surface area contributed by atoms with Gasteiger partial charge in [0.1, 0.15) is 5.82 Å². The van der Waals surface area contributed by atoms with E-state index in [9.17, 15) is 0 Å². The summed E-state index contributed by atoms with van der Waals surface area (Å²) >= 11 is 1.80. The van der Waals surface area contributed by atoms with Crippen LogP contribution in [0.3, 0.4) is 0 Å². The summed E-state index contributed by atoms with van der Waals surface area (Å²) in [5.41, 5.74) is 4.36. The number of H-pyrrole nitrogens is 1. The number of nitrogens with one attached hydrogen (secondary N) is 1. The number of hydrogen-bond donors (Lipinski definition) is 1. The van der Waals surface area contributed by atoms with Crippen molar-refractivity contribution in [3.63, 3.8) is 0 Å². The molecule has 0 fully saturated rings. The first-order chi connectivity index (χ1) is 17.3. The summed E-state index contributed by atoms with van der Waals surface area (Å²) in [7, 11) is 0. The molecule has 3 heterocycles. The highest BCUT2D eigenvalue weighted by molar-refractivity contribution is 7.09. The van der Waals surface area contributed by atoms with Gasteiger partial charge < -0.3 is 0 Å². The second kappa shape index (κ2) is 11.2. The van der Waals surface area contributed by atoms with Crippen molar-refractivity contribution in [2.45, 2.75) is 52.0 Å². The Bertz CT molecular complexity index is 1320. The molecule has 2 aromatic carbocycles. The molecule has 0 aliphatic heterocycles. The minimum Gasteiger partial charge on any atom is -0.245 e. The van der Waals surface area contributed by atoms with E-state index in [1.54, 1.807) is 11.3 Å². The Hall–Kier alpha value is -3.65. The molecule has 35 heavy (non-hydrogen) atoms. The average molecular weight is 484 g/mol. The summed E-state index contributed by atoms with van der Waals surface area (Å²) in [6.07, 6.45) is 6.39. The summed E-state index contributed by atoms with van der Waals surface area (Å²) in [5, 5.41) is 21.6. The maximum atomic E-state index is 4.92. The van der Waals surface area contributed by atoms with Crippen molar-refractivity contribution in [2.24, 2.45) is 0 Å². The maximum Gasteiger partial charge on any atom is 0.205 e. The van der Waals surface area contributed by atoms with Gasteiger partial charge in [-0.15, -0.1) is 21.5 Å². The third-order valence-electron chi connectivity index (χ3n) is 6.08. The summed E-state index contributed by atoms with van der Waals surface area (Å²) in [4.78, 5) is 6.30. The van der Waals surface area contributed by atoms with Gasteiger partial charge in [0.25, 0.3) is 0 Å². The predicted octanol–water partition coefficient (Wildman–Crippen LogP) is 5.75. The van der Waals surface area contributed by atoms with Gasteiger partial charge in [-0.2, -0.15) is 10.3 Å². The molecule has 0 aliphatic rings. The standard InChI is InChI=1S/C27H29N7S/c1-2-3-4-11-26-28-25(17-16-22-8-7-18-35-22)31-34(26)19-20-12-14-21(15-13-20)23-9-5-6-10-24(23)27-29-32-33-30-27/h5-10,12-15,18H,2-4,11,16-17,19H2,1H3,(H,29,30,32,33). The Labute approximate surface area is 209 Å². The molecule has 0 spiro atoms. The van der Waals surface area contributed by atoms with Crippen LogP contribution in [0.15, 0.2) is 66.0 Å². The van der Waals surface area contributed by atoms with E-state index in [2.05, 4.69) is 80.1 Å². The van der Waals surface area contributed by atoms with Gasteiger partial charge in [0.2, 0.25) is 5.82 Å². The molecule has 1 N–H and O–H groups in total. The average Bonchev–Trinajstić information content (AvgIpc) is 3.67. The van der Waals surface area contributed by atoms with Gasteiger partial charge >= 0.3 is 0 Å². The second-order valence-corrected chi connectivity index (χ2v) is 9.65. The molecule has 0 radical (unpaired) electrons. The van der Waals surface area contributed by atoms with Crippen molar-refractivity contribution < 1.29 is 0 Å². The van der Waals surface area contributed by atoms with E-state index < -0.39 is 0 Å². The Morgan fingerprint density at radius 1 is 0.886 bits per heavy atom. The molecule has 0 saturated carbocycles. The highest BCUT2D eigenvalue weighted by Gasteiger charge is 2.13. The lowest BCUT2D eigenvalue weighted by atomic mass is 9.98. The number of unbranched alkanes of at least 4 members (excludes halogenated alkanes) is 2. The van der Waals surface area contributed by atoms with Gasteiger partial charge in [0.15, 0.2) is 5.82 Å². The van der Waals surface area contributed by atoms with Gasteiger partial charge in [0.05, 0.1) is 6.54 Å². The number of hydrogen-bond acceptors (Lipinski definition) is 6. The molecular formula is C27H29N7S. The van der Waals surface area contributed by atoms with Crippen molar-refractivity contribution in [3.8, 4) is 22.5 Å². The SMILES string of the molecule is CCCCCc1nc(CCc2cccs2)nn1Cc1ccc(-c2ccccc2-c2nn[nH]n2)cc1. The first-order valence-electron chi connectivity index (χ1n) is 12.2. The van der Waals surface area contributed by atoms with Gasteiger partial charge in [-0.25, -0.2) is 9.67 Å². The number of rotatable bonds is 11. The Kier molecular flexibility index (Phi) is 7.38. The van der Waals surface area contributed by atoms with Crippen LogP contribution in [0.5, 0.6) is 0 Å². The van der Waals surface area contributed by atoms with Crippen LogP contribution >= 0.6 is 11.3 Å². The van der Waals surface area contributed by atoms with Crippen molar-refractivity contribution in [1.82, 2.24) is 35.4 Å². The minimum absolute atomic E-state index is 0.596. The zero-order valence-corrected chi connectivity index (χ0v) is 20.7. The van der Waals surface area contributed by atoms with Crippen LogP contribution in [0, 0.1) is 0 Å². The normalized spacial score (nSPS) is 11.2. The van der Waals surface area contributed by atoms with E-state index in [0.29, 0.717) is 5.82 Å². The quantitative estimate of drug-likeness (QED) is 0.242. The number of aromatic nitrogens is 7. The summed E-state index contributed by atoms with van der Waals surface area (Å²) < 4.78 is 2.10. The topological polar surface area (TPSA) is 85.2 Å². The molecule has 0 unspecified atom stereocenters. The van der Waals surface area contributed by atoms with Crippen molar-refractivity contribution in [3.05, 3.63) is 88.1 Å². The van der Waals surface area contributed by atoms with E-state index in [1.807, 2.05) is 18.2 Å². The summed E-state index contributed by atoms with van der Waals surface area (Å²) in [5.74, 6) is 2.63. The van der Waals surface area contributed by atoms with Crippen LogP contribution in [0.4, 0.5) is 0 Å². The first-order valence-corrected chi connectivity index (χ1v) is 13.0. The van der Waals surface area contributed by atoms with Crippen LogP contribution in [0.25, 0.3) is 22.5 Å². The van der Waals surface area contributed by atoms with Gasteiger partial charge in [0, 0.05) is 23.3 Å². The van der Waals surface area contributed by atoms with Gasteiger partial charge in [-0.1, -0.05) is 74.4 Å². The molecular weight excluding hydrogens is 454 g/mol. The van der Waals surface area contributed by atoms with E-state index in [-0.39, 0.29) is 0 Å². The molecule has 0 aliphatic carbocycles. The van der Waals surface area contributed by atoms with Crippen LogP contribution in [-0.2, 0) is 25.8 Å². The maximum absolute atomic E-state index is 4.92. The summed E-state index contributed by atoms with van der Waals surface area (Å²) in [6, 6.07) is 21.1. The van der Waals surface area contributed by atoms with Crippen LogP contribution in [0.2, 0.25) is 0 Å². The minimum atomic E-state index is 0.596. The largest absolute Gasteiger partial charge is 0.245 e. The predicted molar refractivity (Wildman–Crippen MR) is 139 cm³/mol. The van der Waals surface area contributed by atoms with Gasteiger partial charge in [-0.3, -0.25) is 0 Å². The molecule has 0 bridgehead atoms. The van der Waals surface area contributed by atoms with Crippen LogP contribution in [0.1, 0.15) is 48.3 Å². The zero-order valence-electron chi connectivity index (χ0n) is 19.9. The molecule has 5 rings (SSSR count). The molecule has 178 valence electrons. The smallest absolute Gasteiger partial charge is 0.205 e. The zero-order chi connectivity index (χ0) is 23.9. The lowest BCUT2D eigenvalue weighted by Crippen LogP contribution is -2.07. The number of aromatic amines is 1. The van der Waals surface area contributed by atoms with Crippen LogP contribution in [-0.4, -0.2) is 35.4 Å². The Morgan fingerprint density at radius 2 is 1.74 bits per heavy atom. The molecule has 7 nitrogen and oxygen atoms in total. The number of benzene rings is 2. The van der Waals surface area contributed by atoms with E-state index in [0.717, 1.165) is 60.6 Å². The summed E-state index contributed by atoms with van der Waals surface area (Å²) in [6.45, 7) is 2.95. The fraction of sp³-hybridized carbons (Fsp3) is 0.296. The van der Waals surface area contributed by atoms with Crippen LogP contribution < -0.4 is 0 Å². The van der Waals surface area contributed by atoms with Gasteiger partial charge in [-0.05, 0) is 46.2 Å². The van der Waals surface area contributed by atoms with Crippen molar-refractivity contribution >= 4 is 11.3 Å². The van der Waals surface area contributed by atoms with Crippen molar-refractivity contribution in [1.29, 1.82) is 0 Å². The lowest BCUT2D eigenvalue weighted by Gasteiger charge is -2.09. The second-order valence-electron chi connectivity index (χ2n) is 8.62. The Balaban J connectivity index is 1.34. The molecule has 0 saturated heterocycles. The third kappa shape index (κ3) is 5.71. The Morgan fingerprint density at radius 3 is 2.49 bits per heavy atom. The highest BCUT2D eigenvalue weighted by Crippen LogP contribution is 2.29. The van der Waals surface area contributed by atoms with E-state index in [1.165, 1.54) is 23.3 Å². The molecule has 0 amide bonds. The molecule has 3 aromatic heterocycles. The number of nitrogens with zero attached hydrogens (tertiary/aromatic N) is 6. The molecule has 5 aromatic rings. The number of thiophene rings is 1. The van der Waals surface area contributed by atoms with E-state index in [4.69, 9.17) is 10.1 Å². The number of aryl methyl sites for hydroxylation is 3. The number of tetrazole rings is 1. The first kappa shape index (κ1) is 23.1. The lowest BCUT2D eigenvalue weighted by molar-refractivity contribution is 0.604.